The van der Waals surface area contributed by atoms with Gasteiger partial charge in [-0.05, 0) is 26.3 Å². The van der Waals surface area contributed by atoms with E-state index >= 15 is 0 Å². The molecule has 0 aliphatic carbocycles. The molecule has 2 rings (SSSR count). The van der Waals surface area contributed by atoms with E-state index in [1.165, 1.54) is 5.56 Å². The summed E-state index contributed by atoms with van der Waals surface area (Å²) in [5.74, 6) is 0.710. The Labute approximate surface area is 114 Å². The Kier molecular flexibility index (Phi) is 3.80. The Hall–Kier alpha value is -1.55. The Bertz CT molecular complexity index is 483. The smallest absolute Gasteiger partial charge is 0.218 e. The third kappa shape index (κ3) is 3.47. The van der Waals surface area contributed by atoms with Gasteiger partial charge in [0.15, 0.2) is 0 Å². The summed E-state index contributed by atoms with van der Waals surface area (Å²) in [6.07, 6.45) is 1.29. The molecule has 1 atom stereocenters. The SMILES string of the molecule is CC(CC(N)=O)NCc1cccc2c1OC(C)(C)C2. The van der Waals surface area contributed by atoms with Crippen LogP contribution >= 0.6 is 0 Å². The Morgan fingerprint density at radius 2 is 2.26 bits per heavy atom. The lowest BCUT2D eigenvalue weighted by Crippen LogP contribution is -2.30. The molecule has 4 heteroatoms. The fraction of sp³-hybridized carbons (Fsp3) is 0.533. The van der Waals surface area contributed by atoms with Crippen LogP contribution in [-0.4, -0.2) is 17.6 Å². The predicted octanol–water partition coefficient (Wildman–Crippen LogP) is 1.75. The number of benzene rings is 1. The molecular weight excluding hydrogens is 240 g/mol. The van der Waals surface area contributed by atoms with E-state index in [0.29, 0.717) is 13.0 Å². The molecule has 0 fully saturated rings. The Morgan fingerprint density at radius 3 is 2.95 bits per heavy atom. The molecule has 104 valence electrons. The molecule has 1 aromatic rings. The van der Waals surface area contributed by atoms with Gasteiger partial charge in [0.1, 0.15) is 11.4 Å². The third-order valence-corrected chi connectivity index (χ3v) is 3.32. The second kappa shape index (κ2) is 5.21. The van der Waals surface area contributed by atoms with Crippen molar-refractivity contribution in [3.63, 3.8) is 0 Å². The number of carbonyl (C=O) groups is 1. The van der Waals surface area contributed by atoms with Crippen molar-refractivity contribution in [3.8, 4) is 5.75 Å². The molecule has 3 N–H and O–H groups in total. The summed E-state index contributed by atoms with van der Waals surface area (Å²) in [7, 11) is 0. The van der Waals surface area contributed by atoms with Gasteiger partial charge in [0, 0.05) is 31.0 Å². The maximum atomic E-state index is 10.9. The molecule has 0 bridgehead atoms. The van der Waals surface area contributed by atoms with Gasteiger partial charge in [0.05, 0.1) is 0 Å². The minimum Gasteiger partial charge on any atom is -0.487 e. The van der Waals surface area contributed by atoms with Gasteiger partial charge < -0.3 is 15.8 Å². The number of amides is 1. The van der Waals surface area contributed by atoms with Crippen molar-refractivity contribution in [1.82, 2.24) is 5.32 Å². The van der Waals surface area contributed by atoms with Crippen molar-refractivity contribution in [2.75, 3.05) is 0 Å². The molecule has 1 aliphatic heterocycles. The summed E-state index contributed by atoms with van der Waals surface area (Å²) in [4.78, 5) is 10.9. The lowest BCUT2D eigenvalue weighted by Gasteiger charge is -2.19. The monoisotopic (exact) mass is 262 g/mol. The van der Waals surface area contributed by atoms with Crippen LogP contribution in [0.25, 0.3) is 0 Å². The molecule has 0 saturated heterocycles. The van der Waals surface area contributed by atoms with E-state index in [4.69, 9.17) is 10.5 Å². The van der Waals surface area contributed by atoms with E-state index in [9.17, 15) is 4.79 Å². The maximum Gasteiger partial charge on any atom is 0.218 e. The quantitative estimate of drug-likeness (QED) is 0.849. The summed E-state index contributed by atoms with van der Waals surface area (Å²) in [5.41, 5.74) is 7.45. The number of hydrogen-bond acceptors (Lipinski definition) is 3. The van der Waals surface area contributed by atoms with Gasteiger partial charge in [-0.3, -0.25) is 4.79 Å². The van der Waals surface area contributed by atoms with Gasteiger partial charge in [0.25, 0.3) is 0 Å². The van der Waals surface area contributed by atoms with Crippen LogP contribution in [0.1, 0.15) is 38.3 Å². The van der Waals surface area contributed by atoms with Crippen LogP contribution in [0, 0.1) is 0 Å². The van der Waals surface area contributed by atoms with Gasteiger partial charge in [-0.15, -0.1) is 0 Å². The molecule has 1 aromatic carbocycles. The van der Waals surface area contributed by atoms with Crippen LogP contribution in [0.2, 0.25) is 0 Å². The second-order valence-corrected chi connectivity index (χ2v) is 5.90. The molecule has 1 aliphatic rings. The van der Waals surface area contributed by atoms with Crippen LogP contribution in [0.4, 0.5) is 0 Å². The molecule has 0 aromatic heterocycles. The van der Waals surface area contributed by atoms with Gasteiger partial charge in [0.2, 0.25) is 5.91 Å². The lowest BCUT2D eigenvalue weighted by atomic mass is 10.0. The predicted molar refractivity (Wildman–Crippen MR) is 75.0 cm³/mol. The first kappa shape index (κ1) is 13.9. The van der Waals surface area contributed by atoms with E-state index in [-0.39, 0.29) is 17.6 Å². The van der Waals surface area contributed by atoms with E-state index in [2.05, 4.69) is 37.4 Å². The number of hydrogen-bond donors (Lipinski definition) is 2. The highest BCUT2D eigenvalue weighted by molar-refractivity contribution is 5.74. The zero-order valence-corrected chi connectivity index (χ0v) is 11.8. The number of rotatable bonds is 5. The van der Waals surface area contributed by atoms with Crippen LogP contribution in [0.5, 0.6) is 5.75 Å². The summed E-state index contributed by atoms with van der Waals surface area (Å²) in [6.45, 7) is 6.84. The van der Waals surface area contributed by atoms with E-state index in [1.807, 2.05) is 6.92 Å². The van der Waals surface area contributed by atoms with Crippen LogP contribution in [0.3, 0.4) is 0 Å². The van der Waals surface area contributed by atoms with E-state index in [0.717, 1.165) is 17.7 Å². The largest absolute Gasteiger partial charge is 0.487 e. The summed E-state index contributed by atoms with van der Waals surface area (Å²) in [6, 6.07) is 6.30. The molecule has 19 heavy (non-hydrogen) atoms. The molecule has 1 heterocycles. The number of fused-ring (bicyclic) bond motifs is 1. The molecule has 4 nitrogen and oxygen atoms in total. The zero-order chi connectivity index (χ0) is 14.0. The highest BCUT2D eigenvalue weighted by Gasteiger charge is 2.31. The zero-order valence-electron chi connectivity index (χ0n) is 11.8. The van der Waals surface area contributed by atoms with E-state index in [1.54, 1.807) is 0 Å². The van der Waals surface area contributed by atoms with Gasteiger partial charge in [-0.25, -0.2) is 0 Å². The van der Waals surface area contributed by atoms with Crippen molar-refractivity contribution in [1.29, 1.82) is 0 Å². The molecule has 1 unspecified atom stereocenters. The first-order valence-corrected chi connectivity index (χ1v) is 6.69. The Morgan fingerprint density at radius 1 is 1.53 bits per heavy atom. The lowest BCUT2D eigenvalue weighted by molar-refractivity contribution is -0.118. The average Bonchev–Trinajstić information content (AvgIpc) is 2.59. The molecule has 0 spiro atoms. The van der Waals surface area contributed by atoms with Gasteiger partial charge >= 0.3 is 0 Å². The van der Waals surface area contributed by atoms with Crippen LogP contribution in [-0.2, 0) is 17.8 Å². The van der Waals surface area contributed by atoms with Crippen molar-refractivity contribution >= 4 is 5.91 Å². The number of ether oxygens (including phenoxy) is 1. The standard InChI is InChI=1S/C15H22N2O2/c1-10(7-13(16)18)17-9-12-6-4-5-11-8-15(2,3)19-14(11)12/h4-6,10,17H,7-9H2,1-3H3,(H2,16,18). The van der Waals surface area contributed by atoms with Crippen molar-refractivity contribution < 1.29 is 9.53 Å². The number of nitrogens with one attached hydrogen (secondary N) is 1. The van der Waals surface area contributed by atoms with E-state index < -0.39 is 0 Å². The van der Waals surface area contributed by atoms with Crippen LogP contribution in [0.15, 0.2) is 18.2 Å². The topological polar surface area (TPSA) is 64.4 Å². The first-order valence-electron chi connectivity index (χ1n) is 6.69. The Balaban J connectivity index is 2.03. The van der Waals surface area contributed by atoms with Crippen molar-refractivity contribution in [2.24, 2.45) is 5.73 Å². The number of primary amides is 1. The molecule has 0 radical (unpaired) electrons. The van der Waals surface area contributed by atoms with Crippen molar-refractivity contribution in [3.05, 3.63) is 29.3 Å². The summed E-state index contributed by atoms with van der Waals surface area (Å²) < 4.78 is 6.01. The second-order valence-electron chi connectivity index (χ2n) is 5.90. The fourth-order valence-electron chi connectivity index (χ4n) is 2.48. The summed E-state index contributed by atoms with van der Waals surface area (Å²) >= 11 is 0. The van der Waals surface area contributed by atoms with Gasteiger partial charge in [-0.1, -0.05) is 18.2 Å². The maximum absolute atomic E-state index is 10.9. The highest BCUT2D eigenvalue weighted by atomic mass is 16.5. The minimum absolute atomic E-state index is 0.0720. The summed E-state index contributed by atoms with van der Waals surface area (Å²) in [5, 5.41) is 3.31. The number of para-hydroxylation sites is 1. The highest BCUT2D eigenvalue weighted by Crippen LogP contribution is 2.37. The van der Waals surface area contributed by atoms with Crippen LogP contribution < -0.4 is 15.8 Å². The average molecular weight is 262 g/mol. The number of carbonyl (C=O) groups excluding carboxylic acids is 1. The molecule has 0 saturated carbocycles. The molecular formula is C15H22N2O2. The third-order valence-electron chi connectivity index (χ3n) is 3.32. The first-order chi connectivity index (χ1) is 8.87. The van der Waals surface area contributed by atoms with Crippen molar-refractivity contribution in [2.45, 2.75) is 51.8 Å². The molecule has 1 amide bonds. The minimum atomic E-state index is -0.282. The fourth-order valence-corrected chi connectivity index (χ4v) is 2.48. The number of nitrogens with two attached hydrogens (primary N) is 1. The normalized spacial score (nSPS) is 17.6. The van der Waals surface area contributed by atoms with Gasteiger partial charge in [-0.2, -0.15) is 0 Å².